The summed E-state index contributed by atoms with van der Waals surface area (Å²) in [7, 11) is 1.51. The Bertz CT molecular complexity index is 1450. The molecule has 0 bridgehead atoms. The first-order chi connectivity index (χ1) is 38.4. The minimum absolute atomic E-state index is 0.0426. The molecule has 9 nitrogen and oxygen atoms in total. The van der Waals surface area contributed by atoms with Crippen molar-refractivity contribution in [2.45, 2.75) is 354 Å². The number of carbonyl (C=O) groups excluding carboxylic acids is 2. The molecule has 0 aliphatic rings. The minimum Gasteiger partial charge on any atom is -0.456 e. The zero-order valence-electron chi connectivity index (χ0n) is 53.4. The topological polar surface area (TPSA) is 111 Å². The normalized spacial score (nSPS) is 13.8. The number of likely N-dealkylation sites (N-methyl/N-ethyl adjacent to an activating group) is 1. The van der Waals surface area contributed by atoms with E-state index in [0.29, 0.717) is 23.9 Å². The number of quaternary nitrogens is 1. The van der Waals surface area contributed by atoms with E-state index in [-0.39, 0.29) is 25.1 Å². The summed E-state index contributed by atoms with van der Waals surface area (Å²) in [5.41, 5.74) is 0. The van der Waals surface area contributed by atoms with Gasteiger partial charge in [0.25, 0.3) is 0 Å². The lowest BCUT2D eigenvalue weighted by Gasteiger charge is -2.27. The number of nitrogens with one attached hydrogen (secondary N) is 1. The maximum Gasteiger partial charge on any atom is 0.472 e. The fraction of sp³-hybridized carbons (Fsp3) is 0.884. The summed E-state index contributed by atoms with van der Waals surface area (Å²) in [6, 6.07) is -0.846. The second-order valence-corrected chi connectivity index (χ2v) is 26.2. The molecule has 3 atom stereocenters. The van der Waals surface area contributed by atoms with Crippen molar-refractivity contribution in [2.24, 2.45) is 0 Å². The Labute approximate surface area is 491 Å². The molecular weight excluding hydrogens is 1000 g/mol. The Balaban J connectivity index is 5.15. The number of amides is 1. The number of hydrogen-bond acceptors (Lipinski definition) is 6. The van der Waals surface area contributed by atoms with Crippen molar-refractivity contribution in [1.29, 1.82) is 0 Å². The third-order valence-corrected chi connectivity index (χ3v) is 16.6. The summed E-state index contributed by atoms with van der Waals surface area (Å²) in [6.07, 6.45) is 72.8. The van der Waals surface area contributed by atoms with Crippen LogP contribution in [0.25, 0.3) is 0 Å². The van der Waals surface area contributed by atoms with Gasteiger partial charge in [-0.15, -0.1) is 0 Å². The zero-order valence-corrected chi connectivity index (χ0v) is 54.3. The van der Waals surface area contributed by atoms with Crippen molar-refractivity contribution in [3.05, 3.63) is 36.5 Å². The van der Waals surface area contributed by atoms with Gasteiger partial charge in [0.05, 0.1) is 33.8 Å². The molecule has 0 heterocycles. The maximum atomic E-state index is 13.6. The van der Waals surface area contributed by atoms with Crippen LogP contribution < -0.4 is 5.32 Å². The molecule has 0 fully saturated rings. The van der Waals surface area contributed by atoms with E-state index in [9.17, 15) is 19.0 Å². The first-order valence-corrected chi connectivity index (χ1v) is 35.8. The van der Waals surface area contributed by atoms with Gasteiger partial charge in [-0.3, -0.25) is 18.6 Å². The van der Waals surface area contributed by atoms with Gasteiger partial charge < -0.3 is 19.4 Å². The van der Waals surface area contributed by atoms with Crippen LogP contribution in [-0.4, -0.2) is 74.3 Å². The van der Waals surface area contributed by atoms with Gasteiger partial charge in [-0.25, -0.2) is 4.57 Å². The van der Waals surface area contributed by atoms with Crippen LogP contribution in [0.4, 0.5) is 0 Å². The van der Waals surface area contributed by atoms with Gasteiger partial charge in [-0.05, 0) is 63.9 Å². The number of hydrogen-bond donors (Lipinski definition) is 2. The monoisotopic (exact) mass is 1130 g/mol. The Morgan fingerprint density at radius 3 is 1.16 bits per heavy atom. The van der Waals surface area contributed by atoms with Crippen LogP contribution in [-0.2, 0) is 27.9 Å². The molecule has 2 N–H and O–H groups in total. The van der Waals surface area contributed by atoms with Crippen LogP contribution >= 0.6 is 7.82 Å². The first kappa shape index (κ1) is 77.2. The molecule has 466 valence electrons. The van der Waals surface area contributed by atoms with Crippen LogP contribution in [0.5, 0.6) is 0 Å². The van der Waals surface area contributed by atoms with Gasteiger partial charge >= 0.3 is 13.8 Å². The molecule has 0 aromatic carbocycles. The summed E-state index contributed by atoms with van der Waals surface area (Å²) in [5, 5.41) is 3.07. The molecule has 0 radical (unpaired) electrons. The van der Waals surface area contributed by atoms with Crippen molar-refractivity contribution >= 4 is 19.7 Å². The average Bonchev–Trinajstić information content (AvgIpc) is 3.41. The molecule has 79 heavy (non-hydrogen) atoms. The smallest absolute Gasteiger partial charge is 0.456 e. The van der Waals surface area contributed by atoms with Crippen molar-refractivity contribution < 1.29 is 37.3 Å². The molecule has 0 aromatic heterocycles. The molecular formula is C69H134N2O7P+. The second-order valence-electron chi connectivity index (χ2n) is 24.7. The summed E-state index contributed by atoms with van der Waals surface area (Å²) in [6.45, 7) is 7.05. The number of allylic oxidation sites excluding steroid dienone is 5. The van der Waals surface area contributed by atoms with Crippen LogP contribution in [0.2, 0.25) is 0 Å². The lowest BCUT2D eigenvalue weighted by atomic mass is 10.0. The van der Waals surface area contributed by atoms with Gasteiger partial charge in [0.1, 0.15) is 19.3 Å². The van der Waals surface area contributed by atoms with Crippen LogP contribution in [0, 0.1) is 0 Å². The fourth-order valence-electron chi connectivity index (χ4n) is 10.3. The Morgan fingerprint density at radius 1 is 0.443 bits per heavy atom. The van der Waals surface area contributed by atoms with E-state index in [1.807, 2.05) is 33.3 Å². The predicted molar refractivity (Wildman–Crippen MR) is 342 cm³/mol. The second kappa shape index (κ2) is 59.4. The van der Waals surface area contributed by atoms with Gasteiger partial charge in [-0.2, -0.15) is 0 Å². The third kappa shape index (κ3) is 60.6. The van der Waals surface area contributed by atoms with Crippen molar-refractivity contribution in [3.63, 3.8) is 0 Å². The minimum atomic E-state index is -4.45. The van der Waals surface area contributed by atoms with E-state index in [4.69, 9.17) is 13.8 Å². The maximum absolute atomic E-state index is 13.6. The number of unbranched alkanes of at least 4 members (excludes halogenated alkanes) is 43. The van der Waals surface area contributed by atoms with E-state index in [1.54, 1.807) is 0 Å². The molecule has 0 rings (SSSR count). The number of phosphoric ester groups is 1. The molecule has 1 amide bonds. The molecule has 10 heteroatoms. The molecule has 0 spiro atoms. The van der Waals surface area contributed by atoms with E-state index in [2.05, 4.69) is 50.4 Å². The van der Waals surface area contributed by atoms with Gasteiger partial charge in [-0.1, -0.05) is 302 Å². The highest BCUT2D eigenvalue weighted by molar-refractivity contribution is 7.47. The zero-order chi connectivity index (χ0) is 57.9. The van der Waals surface area contributed by atoms with E-state index < -0.39 is 20.0 Å². The molecule has 0 aliphatic carbocycles. The Morgan fingerprint density at radius 2 is 0.772 bits per heavy atom. The first-order valence-electron chi connectivity index (χ1n) is 34.3. The van der Waals surface area contributed by atoms with Crippen LogP contribution in [0.15, 0.2) is 36.5 Å². The standard InChI is InChI=1S/C69H133N2O7P/c1-7-10-13-16-19-22-25-28-30-32-34-35-37-38-40-43-46-49-52-55-58-61-68(72)70-66(65-77-79(74,75)76-64-63-71(4,5)6)67(60-57-54-51-48-45-42-27-24-21-18-15-12-9-3)78-69(73)62-59-56-53-50-47-44-41-39-36-33-31-29-26-23-20-17-14-11-8-2/h19,22,28,30,57,60,66-67H,7-18,20-21,23-27,29,31-56,58-59,61-65H2,1-6H3,(H-,70,72,74,75)/p+1/b22-19-,30-28-,60-57+. The third-order valence-electron chi connectivity index (χ3n) is 15.6. The van der Waals surface area contributed by atoms with Gasteiger partial charge in [0.2, 0.25) is 5.91 Å². The van der Waals surface area contributed by atoms with E-state index in [0.717, 1.165) is 64.2 Å². The SMILES string of the molecule is CCCCC/C=C\C/C=C\CCCCCCCCCCCCCC(=O)NC(COP(=O)(O)OCC[N+](C)(C)C)C(/C=C/CCCCCCCCCCCCC)OC(=O)CCCCCCCCCCCCCCCCCCCCC. The Kier molecular flexibility index (Phi) is 58.1. The molecule has 3 unspecified atom stereocenters. The summed E-state index contributed by atoms with van der Waals surface area (Å²) in [4.78, 5) is 37.9. The van der Waals surface area contributed by atoms with Crippen molar-refractivity contribution in [3.8, 4) is 0 Å². The molecule has 0 aliphatic heterocycles. The summed E-state index contributed by atoms with van der Waals surface area (Å²) in [5.74, 6) is -0.488. The number of esters is 1. The highest BCUT2D eigenvalue weighted by Gasteiger charge is 2.30. The van der Waals surface area contributed by atoms with E-state index in [1.165, 1.54) is 244 Å². The highest BCUT2D eigenvalue weighted by Crippen LogP contribution is 2.43. The highest BCUT2D eigenvalue weighted by atomic mass is 31.2. The molecule has 0 aromatic rings. The number of phosphoric acid groups is 1. The van der Waals surface area contributed by atoms with Crippen LogP contribution in [0.1, 0.15) is 342 Å². The quantitative estimate of drug-likeness (QED) is 0.0205. The predicted octanol–water partition coefficient (Wildman–Crippen LogP) is 21.5. The van der Waals surface area contributed by atoms with Gasteiger partial charge in [0.15, 0.2) is 0 Å². The average molecular weight is 1130 g/mol. The summed E-state index contributed by atoms with van der Waals surface area (Å²) < 4.78 is 30.8. The number of nitrogens with zero attached hydrogens (tertiary/aromatic N) is 1. The lowest BCUT2D eigenvalue weighted by Crippen LogP contribution is -2.47. The molecule has 0 saturated heterocycles. The lowest BCUT2D eigenvalue weighted by molar-refractivity contribution is -0.870. The summed E-state index contributed by atoms with van der Waals surface area (Å²) >= 11 is 0. The number of rotatable bonds is 63. The van der Waals surface area contributed by atoms with Crippen molar-refractivity contribution in [1.82, 2.24) is 5.32 Å². The van der Waals surface area contributed by atoms with Crippen molar-refractivity contribution in [2.75, 3.05) is 40.9 Å². The molecule has 0 saturated carbocycles. The van der Waals surface area contributed by atoms with Crippen LogP contribution in [0.3, 0.4) is 0 Å². The largest absolute Gasteiger partial charge is 0.472 e. The number of carbonyl (C=O) groups is 2. The number of ether oxygens (including phenoxy) is 1. The van der Waals surface area contributed by atoms with E-state index >= 15 is 0 Å². The Hall–Kier alpha value is -1.77. The van der Waals surface area contributed by atoms with Gasteiger partial charge in [0, 0.05) is 12.8 Å². The fourth-order valence-corrected chi connectivity index (χ4v) is 11.0.